The molecule has 0 aliphatic rings. The maximum absolute atomic E-state index is 5.95. The third-order valence-electron chi connectivity index (χ3n) is 2.48. The van der Waals surface area contributed by atoms with Gasteiger partial charge in [-0.3, -0.25) is 0 Å². The van der Waals surface area contributed by atoms with E-state index in [0.717, 1.165) is 25.3 Å². The Morgan fingerprint density at radius 1 is 1.33 bits per heavy atom. The zero-order valence-electron chi connectivity index (χ0n) is 11.9. The fourth-order valence-corrected chi connectivity index (χ4v) is 1.61. The summed E-state index contributed by atoms with van der Waals surface area (Å²) in [4.78, 5) is 0. The summed E-state index contributed by atoms with van der Waals surface area (Å²) in [6, 6.07) is 0. The second-order valence-electron chi connectivity index (χ2n) is 4.84. The fourth-order valence-electron chi connectivity index (χ4n) is 1.61. The quantitative estimate of drug-likeness (QED) is 0.724. The van der Waals surface area contributed by atoms with E-state index in [-0.39, 0.29) is 0 Å². The number of hydrogen-bond acceptors (Lipinski definition) is 4. The highest BCUT2D eigenvalue weighted by molar-refractivity contribution is 5.52. The zero-order valence-corrected chi connectivity index (χ0v) is 11.9. The van der Waals surface area contributed by atoms with Crippen LogP contribution in [0, 0.1) is 12.8 Å². The van der Waals surface area contributed by atoms with Crippen molar-refractivity contribution in [3.8, 4) is 5.88 Å². The molecule has 0 saturated heterocycles. The van der Waals surface area contributed by atoms with Crippen molar-refractivity contribution >= 4 is 5.69 Å². The monoisotopic (exact) mass is 255 g/mol. The van der Waals surface area contributed by atoms with E-state index in [2.05, 4.69) is 25.9 Å². The lowest BCUT2D eigenvalue weighted by Gasteiger charge is -2.10. The van der Waals surface area contributed by atoms with Crippen LogP contribution in [-0.2, 0) is 11.3 Å². The molecule has 0 fully saturated rings. The number of aryl methyl sites for hydroxylation is 2. The molecule has 0 unspecified atom stereocenters. The summed E-state index contributed by atoms with van der Waals surface area (Å²) < 4.78 is 13.0. The Labute approximate surface area is 109 Å². The zero-order chi connectivity index (χ0) is 13.5. The second kappa shape index (κ2) is 7.26. The van der Waals surface area contributed by atoms with Crippen LogP contribution in [0.4, 0.5) is 5.69 Å². The Morgan fingerprint density at radius 3 is 2.67 bits per heavy atom. The van der Waals surface area contributed by atoms with Gasteiger partial charge in [0, 0.05) is 13.2 Å². The molecule has 0 spiro atoms. The third-order valence-corrected chi connectivity index (χ3v) is 2.48. The molecule has 18 heavy (non-hydrogen) atoms. The number of nitrogens with two attached hydrogens (primary N) is 1. The number of rotatable bonds is 8. The largest absolute Gasteiger partial charge is 0.474 e. The van der Waals surface area contributed by atoms with Crippen LogP contribution in [0.3, 0.4) is 0 Å². The molecule has 2 N–H and O–H groups in total. The van der Waals surface area contributed by atoms with Gasteiger partial charge in [0.25, 0.3) is 0 Å². The van der Waals surface area contributed by atoms with Crippen LogP contribution in [0.25, 0.3) is 0 Å². The molecular weight excluding hydrogens is 230 g/mol. The molecule has 104 valence electrons. The van der Waals surface area contributed by atoms with Crippen LogP contribution in [0.5, 0.6) is 5.88 Å². The minimum atomic E-state index is 0.506. The molecule has 0 aliphatic heterocycles. The summed E-state index contributed by atoms with van der Waals surface area (Å²) in [7, 11) is 0. The number of nitrogens with zero attached hydrogens (tertiary/aromatic N) is 2. The van der Waals surface area contributed by atoms with Crippen molar-refractivity contribution in [3.63, 3.8) is 0 Å². The summed E-state index contributed by atoms with van der Waals surface area (Å²) in [6.45, 7) is 10.9. The molecule has 5 heteroatoms. The van der Waals surface area contributed by atoms with E-state index in [9.17, 15) is 0 Å². The normalized spacial score (nSPS) is 11.2. The van der Waals surface area contributed by atoms with Crippen LogP contribution in [0.2, 0.25) is 0 Å². The Morgan fingerprint density at radius 2 is 2.06 bits per heavy atom. The van der Waals surface area contributed by atoms with E-state index in [4.69, 9.17) is 15.2 Å². The van der Waals surface area contributed by atoms with Crippen LogP contribution in [0.1, 0.15) is 32.9 Å². The first-order valence-corrected chi connectivity index (χ1v) is 6.59. The summed E-state index contributed by atoms with van der Waals surface area (Å²) >= 11 is 0. The van der Waals surface area contributed by atoms with Gasteiger partial charge in [-0.15, -0.1) is 0 Å². The molecule has 5 nitrogen and oxygen atoms in total. The van der Waals surface area contributed by atoms with Crippen LogP contribution < -0.4 is 10.5 Å². The van der Waals surface area contributed by atoms with E-state index in [1.165, 1.54) is 0 Å². The minimum Gasteiger partial charge on any atom is -0.474 e. The molecule has 0 aromatic carbocycles. The lowest BCUT2D eigenvalue weighted by molar-refractivity contribution is 0.0792. The lowest BCUT2D eigenvalue weighted by Crippen LogP contribution is -2.13. The fraction of sp³-hybridized carbons (Fsp3) is 0.769. The summed E-state index contributed by atoms with van der Waals surface area (Å²) in [6.07, 6.45) is 1.00. The van der Waals surface area contributed by atoms with E-state index in [0.29, 0.717) is 30.7 Å². The van der Waals surface area contributed by atoms with Crippen LogP contribution in [-0.4, -0.2) is 29.6 Å². The van der Waals surface area contributed by atoms with Gasteiger partial charge in [0.2, 0.25) is 5.88 Å². The van der Waals surface area contributed by atoms with Crippen molar-refractivity contribution in [3.05, 3.63) is 5.69 Å². The Balaban J connectivity index is 2.45. The van der Waals surface area contributed by atoms with Gasteiger partial charge in [-0.2, -0.15) is 5.10 Å². The third kappa shape index (κ3) is 4.22. The van der Waals surface area contributed by atoms with Crippen molar-refractivity contribution in [2.24, 2.45) is 5.92 Å². The van der Waals surface area contributed by atoms with Gasteiger partial charge < -0.3 is 15.2 Å². The molecule has 1 aromatic heterocycles. The van der Waals surface area contributed by atoms with Crippen molar-refractivity contribution in [1.29, 1.82) is 0 Å². The average Bonchev–Trinajstić information content (AvgIpc) is 2.56. The van der Waals surface area contributed by atoms with Gasteiger partial charge in [0.15, 0.2) is 0 Å². The maximum atomic E-state index is 5.95. The second-order valence-corrected chi connectivity index (χ2v) is 4.84. The summed E-state index contributed by atoms with van der Waals surface area (Å²) in [5, 5.41) is 4.35. The molecular formula is C13H25N3O2. The number of anilines is 1. The number of nitrogen functional groups attached to an aromatic ring is 1. The first kappa shape index (κ1) is 14.8. The standard InChI is InChI=1S/C13H25N3O2/c1-5-6-16-13(12(14)11(4)15-16)18-8-7-17-9-10(2)3/h10H,5-9,14H2,1-4H3. The molecule has 0 radical (unpaired) electrons. The molecule has 0 amide bonds. The number of hydrogen-bond donors (Lipinski definition) is 1. The van der Waals surface area contributed by atoms with Crippen molar-refractivity contribution in [2.45, 2.75) is 40.7 Å². The number of ether oxygens (including phenoxy) is 2. The molecule has 0 aliphatic carbocycles. The lowest BCUT2D eigenvalue weighted by atomic mass is 10.2. The predicted octanol–water partition coefficient (Wildman–Crippen LogP) is 2.24. The molecule has 1 aromatic rings. The van der Waals surface area contributed by atoms with Gasteiger partial charge in [0.1, 0.15) is 12.3 Å². The SMILES string of the molecule is CCCn1nc(C)c(N)c1OCCOCC(C)C. The van der Waals surface area contributed by atoms with E-state index < -0.39 is 0 Å². The van der Waals surface area contributed by atoms with Crippen molar-refractivity contribution in [1.82, 2.24) is 9.78 Å². The van der Waals surface area contributed by atoms with Crippen molar-refractivity contribution < 1.29 is 9.47 Å². The summed E-state index contributed by atoms with van der Waals surface area (Å²) in [5.41, 5.74) is 7.40. The highest BCUT2D eigenvalue weighted by Gasteiger charge is 2.13. The molecule has 1 rings (SSSR count). The van der Waals surface area contributed by atoms with Gasteiger partial charge >= 0.3 is 0 Å². The Bertz CT molecular complexity index is 361. The molecule has 0 bridgehead atoms. The van der Waals surface area contributed by atoms with E-state index in [1.54, 1.807) is 0 Å². The number of aromatic nitrogens is 2. The highest BCUT2D eigenvalue weighted by Crippen LogP contribution is 2.24. The first-order chi connectivity index (χ1) is 8.56. The van der Waals surface area contributed by atoms with Gasteiger partial charge in [-0.05, 0) is 19.3 Å². The topological polar surface area (TPSA) is 62.3 Å². The van der Waals surface area contributed by atoms with Gasteiger partial charge in [-0.25, -0.2) is 4.68 Å². The highest BCUT2D eigenvalue weighted by atomic mass is 16.5. The predicted molar refractivity (Wildman–Crippen MR) is 72.8 cm³/mol. The van der Waals surface area contributed by atoms with E-state index in [1.807, 2.05) is 11.6 Å². The minimum absolute atomic E-state index is 0.506. The average molecular weight is 255 g/mol. The Hall–Kier alpha value is -1.23. The molecule has 0 saturated carbocycles. The maximum Gasteiger partial charge on any atom is 0.236 e. The summed E-state index contributed by atoms with van der Waals surface area (Å²) in [5.74, 6) is 1.21. The first-order valence-electron chi connectivity index (χ1n) is 6.59. The van der Waals surface area contributed by atoms with Crippen molar-refractivity contribution in [2.75, 3.05) is 25.6 Å². The Kier molecular flexibility index (Phi) is 5.98. The smallest absolute Gasteiger partial charge is 0.236 e. The van der Waals surface area contributed by atoms with E-state index >= 15 is 0 Å². The molecule has 0 atom stereocenters. The van der Waals surface area contributed by atoms with Crippen LogP contribution >= 0.6 is 0 Å². The van der Waals surface area contributed by atoms with Crippen LogP contribution in [0.15, 0.2) is 0 Å². The molecule has 1 heterocycles. The van der Waals surface area contributed by atoms with Gasteiger partial charge in [0.05, 0.1) is 12.3 Å². The van der Waals surface area contributed by atoms with Gasteiger partial charge in [-0.1, -0.05) is 20.8 Å².